The molecule has 0 aliphatic carbocycles. The van der Waals surface area contributed by atoms with Crippen LogP contribution in [0.25, 0.3) is 0 Å². The summed E-state index contributed by atoms with van der Waals surface area (Å²) in [4.78, 5) is 10.3. The number of nitrogens with zero attached hydrogens (tertiary/aromatic N) is 1. The summed E-state index contributed by atoms with van der Waals surface area (Å²) in [6.07, 6.45) is 0. The van der Waals surface area contributed by atoms with Gasteiger partial charge in [-0.2, -0.15) is 0 Å². The highest BCUT2D eigenvalue weighted by molar-refractivity contribution is 5.59. The number of benzene rings is 2. The summed E-state index contributed by atoms with van der Waals surface area (Å²) >= 11 is 0. The van der Waals surface area contributed by atoms with Crippen molar-refractivity contribution >= 4 is 11.4 Å². The summed E-state index contributed by atoms with van der Waals surface area (Å²) in [7, 11) is 0. The van der Waals surface area contributed by atoms with Crippen molar-refractivity contribution in [2.45, 2.75) is 13.5 Å². The predicted octanol–water partition coefficient (Wildman–Crippen LogP) is 3.15. The van der Waals surface area contributed by atoms with E-state index in [-0.39, 0.29) is 18.0 Å². The van der Waals surface area contributed by atoms with Gasteiger partial charge < -0.3 is 15.2 Å². The zero-order valence-corrected chi connectivity index (χ0v) is 11.6. The van der Waals surface area contributed by atoms with Gasteiger partial charge in [-0.3, -0.25) is 10.1 Å². The fourth-order valence-electron chi connectivity index (χ4n) is 1.84. The van der Waals surface area contributed by atoms with Crippen molar-refractivity contribution in [2.75, 3.05) is 12.3 Å². The van der Waals surface area contributed by atoms with Crippen molar-refractivity contribution in [2.24, 2.45) is 0 Å². The van der Waals surface area contributed by atoms with Crippen LogP contribution in [0.5, 0.6) is 11.5 Å². The SMILES string of the molecule is CCOc1ccccc1OCc1ccc(N)c([N+](=O)[O-])c1. The molecule has 2 aromatic carbocycles. The van der Waals surface area contributed by atoms with Crippen molar-refractivity contribution in [3.8, 4) is 11.5 Å². The van der Waals surface area contributed by atoms with Gasteiger partial charge in [0.25, 0.3) is 5.69 Å². The van der Waals surface area contributed by atoms with Gasteiger partial charge in [0.2, 0.25) is 0 Å². The quantitative estimate of drug-likeness (QED) is 0.501. The fourth-order valence-corrected chi connectivity index (χ4v) is 1.84. The number of para-hydroxylation sites is 2. The molecule has 2 N–H and O–H groups in total. The van der Waals surface area contributed by atoms with E-state index in [4.69, 9.17) is 15.2 Å². The topological polar surface area (TPSA) is 87.6 Å². The van der Waals surface area contributed by atoms with E-state index < -0.39 is 4.92 Å². The molecule has 110 valence electrons. The van der Waals surface area contributed by atoms with Crippen LogP contribution in [0.1, 0.15) is 12.5 Å². The number of hydrogen-bond donors (Lipinski definition) is 1. The molecule has 0 aliphatic rings. The van der Waals surface area contributed by atoms with Gasteiger partial charge in [-0.1, -0.05) is 18.2 Å². The largest absolute Gasteiger partial charge is 0.490 e. The van der Waals surface area contributed by atoms with Crippen molar-refractivity contribution in [3.05, 3.63) is 58.1 Å². The van der Waals surface area contributed by atoms with Gasteiger partial charge >= 0.3 is 0 Å². The van der Waals surface area contributed by atoms with E-state index in [2.05, 4.69) is 0 Å². The molecule has 0 spiro atoms. The first-order valence-electron chi connectivity index (χ1n) is 6.49. The van der Waals surface area contributed by atoms with Crippen LogP contribution < -0.4 is 15.2 Å². The Kier molecular flexibility index (Phi) is 4.61. The fraction of sp³-hybridized carbons (Fsp3) is 0.200. The third-order valence-electron chi connectivity index (χ3n) is 2.83. The Labute approximate surface area is 122 Å². The molecule has 6 heteroatoms. The molecule has 0 unspecified atom stereocenters. The van der Waals surface area contributed by atoms with E-state index in [9.17, 15) is 10.1 Å². The smallest absolute Gasteiger partial charge is 0.292 e. The Balaban J connectivity index is 2.13. The maximum atomic E-state index is 10.9. The lowest BCUT2D eigenvalue weighted by atomic mass is 10.2. The summed E-state index contributed by atoms with van der Waals surface area (Å²) in [6.45, 7) is 2.62. The summed E-state index contributed by atoms with van der Waals surface area (Å²) in [5.41, 5.74) is 6.25. The minimum Gasteiger partial charge on any atom is -0.490 e. The van der Waals surface area contributed by atoms with E-state index in [0.717, 1.165) is 0 Å². The van der Waals surface area contributed by atoms with Gasteiger partial charge in [0.1, 0.15) is 12.3 Å². The van der Waals surface area contributed by atoms with Crippen LogP contribution in [0.4, 0.5) is 11.4 Å². The van der Waals surface area contributed by atoms with Gasteiger partial charge in [-0.25, -0.2) is 0 Å². The molecule has 0 aliphatic heterocycles. The lowest BCUT2D eigenvalue weighted by Crippen LogP contribution is -2.01. The molecule has 0 bridgehead atoms. The number of anilines is 1. The highest BCUT2D eigenvalue weighted by Crippen LogP contribution is 2.28. The number of nitro benzene ring substituents is 1. The van der Waals surface area contributed by atoms with E-state index in [0.29, 0.717) is 23.7 Å². The second-order valence-corrected chi connectivity index (χ2v) is 4.32. The lowest BCUT2D eigenvalue weighted by Gasteiger charge is -2.11. The Morgan fingerprint density at radius 3 is 2.43 bits per heavy atom. The van der Waals surface area contributed by atoms with Crippen LogP contribution in [0.2, 0.25) is 0 Å². The third-order valence-corrected chi connectivity index (χ3v) is 2.83. The standard InChI is InChI=1S/C15H16N2O4/c1-2-20-14-5-3-4-6-15(14)21-10-11-7-8-12(16)13(9-11)17(18)19/h3-9H,2,10,16H2,1H3. The van der Waals surface area contributed by atoms with E-state index in [1.165, 1.54) is 12.1 Å². The number of nitrogens with two attached hydrogens (primary N) is 1. The molecule has 0 atom stereocenters. The van der Waals surface area contributed by atoms with Crippen LogP contribution in [-0.4, -0.2) is 11.5 Å². The maximum absolute atomic E-state index is 10.9. The van der Waals surface area contributed by atoms with E-state index in [1.54, 1.807) is 12.1 Å². The molecular formula is C15H16N2O4. The van der Waals surface area contributed by atoms with Crippen LogP contribution in [-0.2, 0) is 6.61 Å². The number of nitro groups is 1. The van der Waals surface area contributed by atoms with Crippen LogP contribution >= 0.6 is 0 Å². The summed E-state index contributed by atoms with van der Waals surface area (Å²) in [5, 5.41) is 10.9. The lowest BCUT2D eigenvalue weighted by molar-refractivity contribution is -0.384. The highest BCUT2D eigenvalue weighted by atomic mass is 16.6. The van der Waals surface area contributed by atoms with Crippen LogP contribution in [0.15, 0.2) is 42.5 Å². The van der Waals surface area contributed by atoms with Crippen molar-refractivity contribution in [1.82, 2.24) is 0 Å². The maximum Gasteiger partial charge on any atom is 0.292 e. The molecule has 0 amide bonds. The van der Waals surface area contributed by atoms with Crippen LogP contribution in [0.3, 0.4) is 0 Å². The van der Waals surface area contributed by atoms with Gasteiger partial charge in [-0.05, 0) is 30.7 Å². The summed E-state index contributed by atoms with van der Waals surface area (Å²) in [5.74, 6) is 1.24. The number of ether oxygens (including phenoxy) is 2. The number of hydrogen-bond acceptors (Lipinski definition) is 5. The molecule has 2 rings (SSSR count). The molecule has 0 aromatic heterocycles. The first kappa shape index (κ1) is 14.6. The zero-order valence-electron chi connectivity index (χ0n) is 11.6. The Bertz CT molecular complexity index is 643. The van der Waals surface area contributed by atoms with Crippen molar-refractivity contribution in [3.63, 3.8) is 0 Å². The van der Waals surface area contributed by atoms with Gasteiger partial charge in [0.15, 0.2) is 11.5 Å². The first-order valence-corrected chi connectivity index (χ1v) is 6.49. The molecule has 21 heavy (non-hydrogen) atoms. The molecule has 0 heterocycles. The molecule has 0 saturated carbocycles. The van der Waals surface area contributed by atoms with Crippen molar-refractivity contribution < 1.29 is 14.4 Å². The van der Waals surface area contributed by atoms with Crippen molar-refractivity contribution in [1.29, 1.82) is 0 Å². The molecular weight excluding hydrogens is 272 g/mol. The number of nitrogen functional groups attached to an aromatic ring is 1. The van der Waals surface area contributed by atoms with Gasteiger partial charge in [0, 0.05) is 6.07 Å². The van der Waals surface area contributed by atoms with E-state index in [1.807, 2.05) is 25.1 Å². The average Bonchev–Trinajstić information content (AvgIpc) is 2.47. The highest BCUT2D eigenvalue weighted by Gasteiger charge is 2.12. The number of rotatable bonds is 6. The summed E-state index contributed by atoms with van der Waals surface area (Å²) in [6, 6.07) is 11.9. The van der Waals surface area contributed by atoms with E-state index >= 15 is 0 Å². The second-order valence-electron chi connectivity index (χ2n) is 4.32. The third kappa shape index (κ3) is 3.62. The van der Waals surface area contributed by atoms with Gasteiger partial charge in [-0.15, -0.1) is 0 Å². The zero-order chi connectivity index (χ0) is 15.2. The van der Waals surface area contributed by atoms with Gasteiger partial charge in [0.05, 0.1) is 11.5 Å². The molecule has 0 radical (unpaired) electrons. The first-order chi connectivity index (χ1) is 10.1. The molecule has 0 saturated heterocycles. The Morgan fingerprint density at radius 1 is 1.14 bits per heavy atom. The molecule has 6 nitrogen and oxygen atoms in total. The minimum atomic E-state index is -0.507. The molecule has 2 aromatic rings. The summed E-state index contributed by atoms with van der Waals surface area (Å²) < 4.78 is 11.1. The normalized spacial score (nSPS) is 10.1. The average molecular weight is 288 g/mol. The minimum absolute atomic E-state index is 0.116. The Hall–Kier alpha value is -2.76. The van der Waals surface area contributed by atoms with Crippen LogP contribution in [0, 0.1) is 10.1 Å². The predicted molar refractivity (Wildman–Crippen MR) is 79.5 cm³/mol. The Morgan fingerprint density at radius 2 is 1.81 bits per heavy atom. The molecule has 0 fully saturated rings. The monoisotopic (exact) mass is 288 g/mol. The second kappa shape index (κ2) is 6.60.